The van der Waals surface area contributed by atoms with Gasteiger partial charge >= 0.3 is 0 Å². The van der Waals surface area contributed by atoms with E-state index in [1.165, 1.54) is 4.88 Å². The monoisotopic (exact) mass is 346 g/mol. The Hall–Kier alpha value is -1.73. The Kier molecular flexibility index (Phi) is 3.92. The van der Waals surface area contributed by atoms with E-state index in [1.807, 2.05) is 6.92 Å². The number of hydrogen-bond donors (Lipinski definition) is 1. The third kappa shape index (κ3) is 2.75. The van der Waals surface area contributed by atoms with Gasteiger partial charge in [0.1, 0.15) is 23.6 Å². The molecule has 128 valence electrons. The number of nitrogens with one attached hydrogen (secondary N) is 1. The molecule has 0 aromatic carbocycles. The molecule has 1 N–H and O–H groups in total. The minimum atomic E-state index is -0.000799. The van der Waals surface area contributed by atoms with Crippen molar-refractivity contribution < 1.29 is 9.53 Å². The maximum absolute atomic E-state index is 11.7. The predicted molar refractivity (Wildman–Crippen MR) is 94.5 cm³/mol. The second-order valence-corrected chi connectivity index (χ2v) is 8.17. The molecule has 0 radical (unpaired) electrons. The lowest BCUT2D eigenvalue weighted by atomic mass is 9.60. The fourth-order valence-electron chi connectivity index (χ4n) is 3.94. The van der Waals surface area contributed by atoms with Crippen molar-refractivity contribution in [3.05, 3.63) is 17.3 Å². The van der Waals surface area contributed by atoms with Crippen molar-refractivity contribution in [2.75, 3.05) is 31.2 Å². The van der Waals surface area contributed by atoms with Gasteiger partial charge in [0.15, 0.2) is 0 Å². The molecule has 1 aliphatic carbocycles. The van der Waals surface area contributed by atoms with Gasteiger partial charge in [0, 0.05) is 36.0 Å². The average Bonchev–Trinajstić information content (AvgIpc) is 2.86. The van der Waals surface area contributed by atoms with Crippen molar-refractivity contribution in [3.8, 4) is 0 Å². The van der Waals surface area contributed by atoms with E-state index in [-0.39, 0.29) is 12.5 Å². The van der Waals surface area contributed by atoms with Gasteiger partial charge in [-0.2, -0.15) is 0 Å². The van der Waals surface area contributed by atoms with Crippen LogP contribution >= 0.6 is 11.3 Å². The van der Waals surface area contributed by atoms with Crippen LogP contribution in [0.2, 0.25) is 0 Å². The Morgan fingerprint density at radius 1 is 1.46 bits per heavy atom. The summed E-state index contributed by atoms with van der Waals surface area (Å²) in [6, 6.07) is 2.48. The van der Waals surface area contributed by atoms with Gasteiger partial charge < -0.3 is 15.0 Å². The zero-order valence-corrected chi connectivity index (χ0v) is 14.9. The van der Waals surface area contributed by atoms with Crippen LogP contribution in [0.4, 0.5) is 5.82 Å². The molecule has 2 aromatic rings. The van der Waals surface area contributed by atoms with Crippen molar-refractivity contribution in [1.29, 1.82) is 0 Å². The summed E-state index contributed by atoms with van der Waals surface area (Å²) in [4.78, 5) is 25.2. The number of thiophene rings is 1. The second-order valence-electron chi connectivity index (χ2n) is 6.94. The van der Waals surface area contributed by atoms with Gasteiger partial charge in [0.05, 0.1) is 5.39 Å². The van der Waals surface area contributed by atoms with Crippen molar-refractivity contribution in [2.45, 2.75) is 32.7 Å². The summed E-state index contributed by atoms with van der Waals surface area (Å²) >= 11 is 1.71. The van der Waals surface area contributed by atoms with E-state index in [2.05, 4.69) is 33.2 Å². The van der Waals surface area contributed by atoms with Crippen LogP contribution in [0.15, 0.2) is 12.4 Å². The lowest BCUT2D eigenvalue weighted by Gasteiger charge is -2.59. The van der Waals surface area contributed by atoms with Crippen LogP contribution in [0, 0.1) is 12.3 Å². The number of rotatable bonds is 5. The molecule has 6 nitrogen and oxygen atoms in total. The summed E-state index contributed by atoms with van der Waals surface area (Å²) in [5, 5.41) is 4.22. The van der Waals surface area contributed by atoms with Gasteiger partial charge in [0.25, 0.3) is 0 Å². The van der Waals surface area contributed by atoms with Gasteiger partial charge in [-0.25, -0.2) is 9.97 Å². The first-order valence-corrected chi connectivity index (χ1v) is 9.23. The number of aryl methyl sites for hydroxylation is 1. The molecule has 1 saturated heterocycles. The number of aromatic nitrogens is 2. The van der Waals surface area contributed by atoms with Gasteiger partial charge in [-0.1, -0.05) is 0 Å². The van der Waals surface area contributed by atoms with Crippen molar-refractivity contribution in [1.82, 2.24) is 15.3 Å². The highest BCUT2D eigenvalue weighted by Crippen LogP contribution is 2.50. The highest BCUT2D eigenvalue weighted by molar-refractivity contribution is 7.18. The first-order valence-electron chi connectivity index (χ1n) is 8.42. The van der Waals surface area contributed by atoms with Gasteiger partial charge in [-0.3, -0.25) is 4.79 Å². The van der Waals surface area contributed by atoms with E-state index in [0.717, 1.165) is 42.0 Å². The van der Waals surface area contributed by atoms with Crippen LogP contribution in [0.5, 0.6) is 0 Å². The van der Waals surface area contributed by atoms with Gasteiger partial charge in [-0.15, -0.1) is 11.3 Å². The number of carbonyl (C=O) groups is 1. The molecular formula is C17H22N4O2S. The minimum Gasteiger partial charge on any atom is -0.372 e. The van der Waals surface area contributed by atoms with Crippen LogP contribution < -0.4 is 10.2 Å². The summed E-state index contributed by atoms with van der Waals surface area (Å²) in [6.45, 7) is 6.79. The Balaban J connectivity index is 1.33. The Morgan fingerprint density at radius 2 is 2.25 bits per heavy atom. The number of ether oxygens (including phenoxy) is 1. The molecule has 1 amide bonds. The van der Waals surface area contributed by atoms with Crippen molar-refractivity contribution in [3.63, 3.8) is 0 Å². The Labute approximate surface area is 145 Å². The molecule has 0 atom stereocenters. The fourth-order valence-corrected chi connectivity index (χ4v) is 4.78. The second kappa shape index (κ2) is 5.97. The largest absolute Gasteiger partial charge is 0.372 e. The molecule has 2 fully saturated rings. The standard InChI is InChI=1S/C17H22N4O2S/c1-3-23-7-14(22)20-12-5-17(6-12)8-21(9-17)15-13-4-11(2)24-16(13)19-10-18-15/h4,10,12H,3,5-9H2,1-2H3,(H,20,22). The lowest BCUT2D eigenvalue weighted by molar-refractivity contribution is -0.128. The smallest absolute Gasteiger partial charge is 0.246 e. The minimum absolute atomic E-state index is 0.000799. The third-order valence-corrected chi connectivity index (χ3v) is 5.90. The summed E-state index contributed by atoms with van der Waals surface area (Å²) in [5.41, 5.74) is 0.353. The van der Waals surface area contributed by atoms with E-state index < -0.39 is 0 Å². The molecule has 2 aromatic heterocycles. The third-order valence-electron chi connectivity index (χ3n) is 4.94. The molecule has 2 aliphatic rings. The maximum Gasteiger partial charge on any atom is 0.246 e. The molecule has 24 heavy (non-hydrogen) atoms. The summed E-state index contributed by atoms with van der Waals surface area (Å²) in [5.74, 6) is 1.05. The lowest BCUT2D eigenvalue weighted by Crippen LogP contribution is -2.67. The maximum atomic E-state index is 11.7. The van der Waals surface area contributed by atoms with E-state index >= 15 is 0 Å². The highest BCUT2D eigenvalue weighted by Gasteiger charge is 2.53. The number of carbonyl (C=O) groups excluding carboxylic acids is 1. The molecule has 0 bridgehead atoms. The SMILES string of the molecule is CCOCC(=O)NC1CC2(C1)CN(c1ncnc3sc(C)cc13)C2. The molecule has 0 unspecified atom stereocenters. The van der Waals surface area contributed by atoms with Crippen molar-refractivity contribution >= 4 is 33.3 Å². The van der Waals surface area contributed by atoms with E-state index in [0.29, 0.717) is 18.1 Å². The number of amides is 1. The zero-order valence-electron chi connectivity index (χ0n) is 14.0. The molecular weight excluding hydrogens is 324 g/mol. The molecule has 7 heteroatoms. The molecule has 1 spiro atoms. The Bertz CT molecular complexity index is 761. The normalized spacial score (nSPS) is 19.3. The summed E-state index contributed by atoms with van der Waals surface area (Å²) < 4.78 is 5.14. The van der Waals surface area contributed by atoms with Gasteiger partial charge in [0.2, 0.25) is 5.91 Å². The van der Waals surface area contributed by atoms with Gasteiger partial charge in [-0.05, 0) is 32.8 Å². The summed E-state index contributed by atoms with van der Waals surface area (Å²) in [7, 11) is 0. The van der Waals surface area contributed by atoms with Crippen molar-refractivity contribution in [2.24, 2.45) is 5.41 Å². The van der Waals surface area contributed by atoms with Crippen LogP contribution in [0.1, 0.15) is 24.6 Å². The first-order chi connectivity index (χ1) is 11.6. The van der Waals surface area contributed by atoms with Crippen LogP contribution in [-0.4, -0.2) is 48.2 Å². The molecule has 1 saturated carbocycles. The molecule has 1 aliphatic heterocycles. The first kappa shape index (κ1) is 15.8. The van der Waals surface area contributed by atoms with E-state index in [4.69, 9.17) is 4.74 Å². The fraction of sp³-hybridized carbons (Fsp3) is 0.588. The number of hydrogen-bond acceptors (Lipinski definition) is 6. The Morgan fingerprint density at radius 3 is 3.00 bits per heavy atom. The van der Waals surface area contributed by atoms with E-state index in [1.54, 1.807) is 17.7 Å². The zero-order chi connectivity index (χ0) is 16.7. The van der Waals surface area contributed by atoms with Crippen LogP contribution in [0.3, 0.4) is 0 Å². The highest BCUT2D eigenvalue weighted by atomic mass is 32.1. The number of nitrogens with zero attached hydrogens (tertiary/aromatic N) is 3. The van der Waals surface area contributed by atoms with Crippen LogP contribution in [-0.2, 0) is 9.53 Å². The number of fused-ring (bicyclic) bond motifs is 1. The quantitative estimate of drug-likeness (QED) is 0.898. The number of anilines is 1. The molecule has 4 rings (SSSR count). The molecule has 3 heterocycles. The topological polar surface area (TPSA) is 67.3 Å². The van der Waals surface area contributed by atoms with Crippen LogP contribution in [0.25, 0.3) is 10.2 Å². The summed E-state index contributed by atoms with van der Waals surface area (Å²) in [6.07, 6.45) is 3.77. The average molecular weight is 346 g/mol. The van der Waals surface area contributed by atoms with E-state index in [9.17, 15) is 4.79 Å². The predicted octanol–water partition coefficient (Wildman–Crippen LogP) is 2.12.